The molecule has 1 N–H and O–H groups in total. The van der Waals surface area contributed by atoms with Crippen LogP contribution in [0, 0.1) is 0 Å². The molecule has 0 aliphatic rings. The van der Waals surface area contributed by atoms with E-state index in [2.05, 4.69) is 14.1 Å². The molecular weight excluding hydrogens is 210 g/mol. The molecule has 0 radical (unpaired) electrons. The van der Waals surface area contributed by atoms with Gasteiger partial charge in [-0.05, 0) is 13.8 Å². The van der Waals surface area contributed by atoms with Crippen LogP contribution in [0.1, 0.15) is 13.8 Å². The van der Waals surface area contributed by atoms with E-state index in [1.165, 1.54) is 0 Å². The van der Waals surface area contributed by atoms with Gasteiger partial charge in [0.1, 0.15) is 0 Å². The van der Waals surface area contributed by atoms with Crippen LogP contribution < -0.4 is 5.32 Å². The monoisotopic (exact) mass is 221 g/mol. The van der Waals surface area contributed by atoms with Crippen molar-refractivity contribution in [3.05, 3.63) is 5.15 Å². The number of hydrogen-bond donors (Lipinski definition) is 1. The van der Waals surface area contributed by atoms with E-state index in [9.17, 15) is 0 Å². The van der Waals surface area contributed by atoms with Crippen molar-refractivity contribution >= 4 is 29.1 Å². The van der Waals surface area contributed by atoms with E-state index in [4.69, 9.17) is 16.3 Å². The average molecular weight is 222 g/mol. The first-order valence-electron chi connectivity index (χ1n) is 4.03. The minimum Gasteiger partial charge on any atom is -0.377 e. The van der Waals surface area contributed by atoms with Crippen LogP contribution in [0.15, 0.2) is 0 Å². The SMILES string of the molecule is CC(C)OCCNc1nsnc1Cl. The van der Waals surface area contributed by atoms with Crippen LogP contribution in [0.5, 0.6) is 0 Å². The molecule has 1 rings (SSSR count). The molecule has 0 aromatic carbocycles. The van der Waals surface area contributed by atoms with Crippen molar-refractivity contribution in [3.8, 4) is 0 Å². The quantitative estimate of drug-likeness (QED) is 0.773. The van der Waals surface area contributed by atoms with Gasteiger partial charge < -0.3 is 10.1 Å². The summed E-state index contributed by atoms with van der Waals surface area (Å²) in [7, 11) is 0. The minimum absolute atomic E-state index is 0.255. The highest BCUT2D eigenvalue weighted by Gasteiger charge is 2.03. The van der Waals surface area contributed by atoms with Crippen LogP contribution in [-0.4, -0.2) is 28.0 Å². The van der Waals surface area contributed by atoms with Gasteiger partial charge in [0.25, 0.3) is 0 Å². The maximum atomic E-state index is 5.71. The van der Waals surface area contributed by atoms with E-state index in [1.54, 1.807) is 0 Å². The molecule has 1 aromatic rings. The van der Waals surface area contributed by atoms with E-state index >= 15 is 0 Å². The van der Waals surface area contributed by atoms with E-state index in [0.717, 1.165) is 11.7 Å². The summed E-state index contributed by atoms with van der Waals surface area (Å²) in [5.41, 5.74) is 0. The summed E-state index contributed by atoms with van der Waals surface area (Å²) in [6, 6.07) is 0. The molecule has 0 amide bonds. The molecule has 0 bridgehead atoms. The van der Waals surface area contributed by atoms with E-state index in [1.807, 2.05) is 13.8 Å². The Balaban J connectivity index is 2.17. The summed E-state index contributed by atoms with van der Waals surface area (Å²) in [6.07, 6.45) is 0.255. The Bertz CT molecular complexity index is 254. The summed E-state index contributed by atoms with van der Waals surface area (Å²) in [5, 5.41) is 3.45. The largest absolute Gasteiger partial charge is 0.377 e. The number of ether oxygens (including phenoxy) is 1. The van der Waals surface area contributed by atoms with Crippen molar-refractivity contribution in [2.45, 2.75) is 20.0 Å². The smallest absolute Gasteiger partial charge is 0.186 e. The van der Waals surface area contributed by atoms with Crippen molar-refractivity contribution in [1.29, 1.82) is 0 Å². The van der Waals surface area contributed by atoms with E-state index in [-0.39, 0.29) is 6.10 Å². The zero-order chi connectivity index (χ0) is 9.68. The zero-order valence-corrected chi connectivity index (χ0v) is 9.15. The number of aromatic nitrogens is 2. The molecule has 0 fully saturated rings. The fraction of sp³-hybridized carbons (Fsp3) is 0.714. The standard InChI is InChI=1S/C7H12ClN3OS/c1-5(2)12-4-3-9-7-6(8)10-13-11-7/h5H,3-4H2,1-2H3,(H,9,11). The Hall–Kier alpha value is -0.390. The first-order chi connectivity index (χ1) is 6.20. The van der Waals surface area contributed by atoms with Gasteiger partial charge in [0.15, 0.2) is 11.0 Å². The Labute approximate surface area is 86.6 Å². The Morgan fingerprint density at radius 1 is 1.54 bits per heavy atom. The van der Waals surface area contributed by atoms with Gasteiger partial charge in [-0.2, -0.15) is 8.75 Å². The molecule has 13 heavy (non-hydrogen) atoms. The molecule has 6 heteroatoms. The average Bonchev–Trinajstić information content (AvgIpc) is 2.45. The van der Waals surface area contributed by atoms with Crippen LogP contribution in [0.4, 0.5) is 5.82 Å². The molecular formula is C7H12ClN3OS. The zero-order valence-electron chi connectivity index (χ0n) is 7.58. The highest BCUT2D eigenvalue weighted by Crippen LogP contribution is 2.16. The Kier molecular flexibility index (Phi) is 4.41. The van der Waals surface area contributed by atoms with Crippen LogP contribution in [0.3, 0.4) is 0 Å². The molecule has 0 spiro atoms. The predicted molar refractivity (Wildman–Crippen MR) is 54.5 cm³/mol. The van der Waals surface area contributed by atoms with Gasteiger partial charge in [-0.3, -0.25) is 0 Å². The minimum atomic E-state index is 0.255. The predicted octanol–water partition coefficient (Wildman–Crippen LogP) is 2.03. The summed E-state index contributed by atoms with van der Waals surface area (Å²) in [5.74, 6) is 0.638. The molecule has 74 valence electrons. The molecule has 0 aliphatic heterocycles. The summed E-state index contributed by atoms with van der Waals surface area (Å²) < 4.78 is 13.1. The van der Waals surface area contributed by atoms with Gasteiger partial charge in [0, 0.05) is 6.54 Å². The third kappa shape index (κ3) is 3.89. The van der Waals surface area contributed by atoms with Crippen LogP contribution in [0.25, 0.3) is 0 Å². The second kappa shape index (κ2) is 5.36. The molecule has 1 heterocycles. The van der Waals surface area contributed by atoms with Gasteiger partial charge >= 0.3 is 0 Å². The third-order valence-electron chi connectivity index (χ3n) is 1.29. The van der Waals surface area contributed by atoms with Gasteiger partial charge in [-0.15, -0.1) is 0 Å². The number of nitrogens with one attached hydrogen (secondary N) is 1. The number of rotatable bonds is 5. The second-order valence-corrected chi connectivity index (χ2v) is 3.64. The normalized spacial score (nSPS) is 10.8. The lowest BCUT2D eigenvalue weighted by atomic mass is 10.5. The van der Waals surface area contributed by atoms with Crippen molar-refractivity contribution in [2.75, 3.05) is 18.5 Å². The van der Waals surface area contributed by atoms with Crippen LogP contribution in [0.2, 0.25) is 5.15 Å². The van der Waals surface area contributed by atoms with Gasteiger partial charge in [-0.25, -0.2) is 0 Å². The van der Waals surface area contributed by atoms with Crippen molar-refractivity contribution < 1.29 is 4.74 Å². The fourth-order valence-electron chi connectivity index (χ4n) is 0.747. The van der Waals surface area contributed by atoms with Crippen LogP contribution >= 0.6 is 23.3 Å². The van der Waals surface area contributed by atoms with Gasteiger partial charge in [0.2, 0.25) is 0 Å². The first-order valence-corrected chi connectivity index (χ1v) is 5.14. The lowest BCUT2D eigenvalue weighted by Gasteiger charge is -2.07. The van der Waals surface area contributed by atoms with Crippen molar-refractivity contribution in [2.24, 2.45) is 0 Å². The van der Waals surface area contributed by atoms with Crippen molar-refractivity contribution in [1.82, 2.24) is 8.75 Å². The molecule has 0 atom stereocenters. The lowest BCUT2D eigenvalue weighted by molar-refractivity contribution is 0.0870. The fourth-order valence-corrected chi connectivity index (χ4v) is 1.43. The van der Waals surface area contributed by atoms with Crippen molar-refractivity contribution in [3.63, 3.8) is 0 Å². The molecule has 0 aliphatic carbocycles. The number of halogens is 1. The van der Waals surface area contributed by atoms with Crippen LogP contribution in [-0.2, 0) is 4.74 Å². The van der Waals surface area contributed by atoms with E-state index < -0.39 is 0 Å². The Morgan fingerprint density at radius 3 is 2.85 bits per heavy atom. The number of anilines is 1. The second-order valence-electron chi connectivity index (χ2n) is 2.75. The highest BCUT2D eigenvalue weighted by molar-refractivity contribution is 6.99. The van der Waals surface area contributed by atoms with E-state index in [0.29, 0.717) is 24.1 Å². The lowest BCUT2D eigenvalue weighted by Crippen LogP contribution is -2.13. The molecule has 0 saturated heterocycles. The number of nitrogens with zero attached hydrogens (tertiary/aromatic N) is 2. The molecule has 0 unspecified atom stereocenters. The summed E-state index contributed by atoms with van der Waals surface area (Å²) in [4.78, 5) is 0. The number of hydrogen-bond acceptors (Lipinski definition) is 5. The van der Waals surface area contributed by atoms with Gasteiger partial charge in [0.05, 0.1) is 24.4 Å². The third-order valence-corrected chi connectivity index (χ3v) is 2.19. The maximum absolute atomic E-state index is 5.71. The first kappa shape index (κ1) is 10.7. The molecule has 1 aromatic heterocycles. The molecule has 0 saturated carbocycles. The maximum Gasteiger partial charge on any atom is 0.186 e. The van der Waals surface area contributed by atoms with Gasteiger partial charge in [-0.1, -0.05) is 11.6 Å². The summed E-state index contributed by atoms with van der Waals surface area (Å²) in [6.45, 7) is 5.34. The summed E-state index contributed by atoms with van der Waals surface area (Å²) >= 11 is 6.81. The highest BCUT2D eigenvalue weighted by atomic mass is 35.5. The Morgan fingerprint density at radius 2 is 2.31 bits per heavy atom. The topological polar surface area (TPSA) is 47.0 Å². The molecule has 4 nitrogen and oxygen atoms in total.